The van der Waals surface area contributed by atoms with Crippen LogP contribution in [0.2, 0.25) is 0 Å². The van der Waals surface area contributed by atoms with Crippen LogP contribution in [-0.4, -0.2) is 63.3 Å². The number of methoxy groups -OCH3 is 1. The number of hydrogen-bond donors (Lipinski definition) is 1. The van der Waals surface area contributed by atoms with Gasteiger partial charge in [0.15, 0.2) is 0 Å². The molecule has 0 spiro atoms. The minimum Gasteiger partial charge on any atom is -0.491 e. The highest BCUT2D eigenvalue weighted by atomic mass is 16.5. The predicted octanol–water partition coefficient (Wildman–Crippen LogP) is 1.53. The van der Waals surface area contributed by atoms with Gasteiger partial charge in [-0.1, -0.05) is 12.1 Å². The Morgan fingerprint density at radius 3 is 2.93 bits per heavy atom. The lowest BCUT2D eigenvalue weighted by molar-refractivity contribution is -0.137. The number of nitrogens with one attached hydrogen (secondary N) is 1. The smallest absolute Gasteiger partial charge is 0.248 e. The molecule has 1 heterocycles. The summed E-state index contributed by atoms with van der Waals surface area (Å²) in [5.74, 6) is 1.54. The summed E-state index contributed by atoms with van der Waals surface area (Å²) in [6.07, 6.45) is 3.62. The first-order valence-corrected chi connectivity index (χ1v) is 10.0. The third kappa shape index (κ3) is 6.49. The molecule has 1 aromatic rings. The Balaban J connectivity index is 1.51. The molecule has 1 aromatic carbocycles. The van der Waals surface area contributed by atoms with E-state index >= 15 is 0 Å². The summed E-state index contributed by atoms with van der Waals surface area (Å²) in [5.41, 5.74) is 2.05. The minimum atomic E-state index is -0.0580. The Kier molecular flexibility index (Phi) is 7.68. The van der Waals surface area contributed by atoms with E-state index in [-0.39, 0.29) is 18.4 Å². The molecule has 1 aliphatic heterocycles. The standard InChI is InChI=1S/C21H30N2O5/c1-26-10-11-27-15-21(25)23-8-9-28-19-6-4-16(12-18(19)14-23)5-7-20(24)22-13-17-2-3-17/h4,6,12,17H,2-3,5,7-11,13-15H2,1H3,(H,22,24). The average molecular weight is 390 g/mol. The molecule has 1 saturated carbocycles. The molecule has 0 radical (unpaired) electrons. The second kappa shape index (κ2) is 10.4. The molecule has 1 aliphatic carbocycles. The van der Waals surface area contributed by atoms with Crippen LogP contribution >= 0.6 is 0 Å². The number of ether oxygens (including phenoxy) is 3. The first kappa shape index (κ1) is 20.6. The number of amides is 2. The Bertz CT molecular complexity index is 675. The van der Waals surface area contributed by atoms with Gasteiger partial charge in [-0.2, -0.15) is 0 Å². The lowest BCUT2D eigenvalue weighted by Crippen LogP contribution is -2.35. The maximum Gasteiger partial charge on any atom is 0.248 e. The molecule has 1 N–H and O–H groups in total. The van der Waals surface area contributed by atoms with Gasteiger partial charge >= 0.3 is 0 Å². The van der Waals surface area contributed by atoms with Gasteiger partial charge in [-0.3, -0.25) is 9.59 Å². The molecule has 0 unspecified atom stereocenters. The van der Waals surface area contributed by atoms with E-state index in [1.807, 2.05) is 18.2 Å². The Hall–Kier alpha value is -2.12. The van der Waals surface area contributed by atoms with E-state index in [0.29, 0.717) is 51.7 Å². The predicted molar refractivity (Wildman–Crippen MR) is 104 cm³/mol. The fraction of sp³-hybridized carbons (Fsp3) is 0.619. The van der Waals surface area contributed by atoms with Crippen molar-refractivity contribution in [3.63, 3.8) is 0 Å². The van der Waals surface area contributed by atoms with Crippen LogP contribution in [0.15, 0.2) is 18.2 Å². The molecule has 1 fully saturated rings. The minimum absolute atomic E-state index is 0.0412. The van der Waals surface area contributed by atoms with Gasteiger partial charge in [0.05, 0.1) is 19.8 Å². The van der Waals surface area contributed by atoms with E-state index in [9.17, 15) is 9.59 Å². The number of benzene rings is 1. The molecule has 2 amide bonds. The molecule has 0 atom stereocenters. The number of aryl methyl sites for hydroxylation is 1. The molecule has 28 heavy (non-hydrogen) atoms. The molecule has 0 bridgehead atoms. The Morgan fingerprint density at radius 2 is 2.14 bits per heavy atom. The van der Waals surface area contributed by atoms with E-state index in [4.69, 9.17) is 14.2 Å². The number of fused-ring (bicyclic) bond motifs is 1. The van der Waals surface area contributed by atoms with Gasteiger partial charge in [-0.05, 0) is 36.8 Å². The summed E-state index contributed by atoms with van der Waals surface area (Å²) in [6.45, 7) is 3.19. The third-order valence-corrected chi connectivity index (χ3v) is 5.04. The van der Waals surface area contributed by atoms with Crippen molar-refractivity contribution in [2.24, 2.45) is 5.92 Å². The van der Waals surface area contributed by atoms with Crippen LogP contribution in [0.4, 0.5) is 0 Å². The largest absolute Gasteiger partial charge is 0.491 e. The lowest BCUT2D eigenvalue weighted by Gasteiger charge is -2.20. The summed E-state index contributed by atoms with van der Waals surface area (Å²) in [4.78, 5) is 26.1. The van der Waals surface area contributed by atoms with Crippen molar-refractivity contribution in [3.8, 4) is 5.75 Å². The van der Waals surface area contributed by atoms with Crippen LogP contribution in [0.5, 0.6) is 5.75 Å². The van der Waals surface area contributed by atoms with E-state index in [2.05, 4.69) is 5.32 Å². The fourth-order valence-corrected chi connectivity index (χ4v) is 3.14. The zero-order valence-corrected chi connectivity index (χ0v) is 16.6. The van der Waals surface area contributed by atoms with Crippen LogP contribution in [0.3, 0.4) is 0 Å². The normalized spacial score (nSPS) is 16.1. The number of rotatable bonds is 10. The van der Waals surface area contributed by atoms with Crippen LogP contribution in [0.25, 0.3) is 0 Å². The first-order valence-electron chi connectivity index (χ1n) is 10.0. The summed E-state index contributed by atoms with van der Waals surface area (Å²) in [7, 11) is 1.60. The zero-order valence-electron chi connectivity index (χ0n) is 16.6. The summed E-state index contributed by atoms with van der Waals surface area (Å²) in [5, 5.41) is 3.00. The van der Waals surface area contributed by atoms with Gasteiger partial charge in [-0.15, -0.1) is 0 Å². The van der Waals surface area contributed by atoms with Crippen molar-refractivity contribution in [1.82, 2.24) is 10.2 Å². The first-order chi connectivity index (χ1) is 13.7. The second-order valence-corrected chi connectivity index (χ2v) is 7.40. The second-order valence-electron chi connectivity index (χ2n) is 7.40. The van der Waals surface area contributed by atoms with Crippen molar-refractivity contribution < 1.29 is 23.8 Å². The van der Waals surface area contributed by atoms with Gasteiger partial charge in [0.25, 0.3) is 0 Å². The summed E-state index contributed by atoms with van der Waals surface area (Å²) in [6, 6.07) is 5.98. The number of carbonyl (C=O) groups excluding carboxylic acids is 2. The maximum atomic E-state index is 12.4. The molecule has 0 saturated heterocycles. The quantitative estimate of drug-likeness (QED) is 0.613. The molecule has 154 valence electrons. The third-order valence-electron chi connectivity index (χ3n) is 5.04. The summed E-state index contributed by atoms with van der Waals surface area (Å²) < 4.78 is 16.1. The van der Waals surface area contributed by atoms with E-state index in [1.165, 1.54) is 12.8 Å². The average Bonchev–Trinajstić information content (AvgIpc) is 3.54. The maximum absolute atomic E-state index is 12.4. The molecule has 7 nitrogen and oxygen atoms in total. The number of nitrogens with zero attached hydrogens (tertiary/aromatic N) is 1. The topological polar surface area (TPSA) is 77.1 Å². The van der Waals surface area contributed by atoms with Crippen LogP contribution < -0.4 is 10.1 Å². The van der Waals surface area contributed by atoms with Gasteiger partial charge in [0.1, 0.15) is 19.0 Å². The highest BCUT2D eigenvalue weighted by Crippen LogP contribution is 2.27. The number of hydrogen-bond acceptors (Lipinski definition) is 5. The molecule has 0 aromatic heterocycles. The SMILES string of the molecule is COCCOCC(=O)N1CCOc2ccc(CCC(=O)NCC3CC3)cc2C1. The molecule has 3 rings (SSSR count). The van der Waals surface area contributed by atoms with Crippen molar-refractivity contribution in [2.75, 3.05) is 46.6 Å². The Labute approximate surface area is 166 Å². The van der Waals surface area contributed by atoms with Gasteiger partial charge in [0.2, 0.25) is 11.8 Å². The van der Waals surface area contributed by atoms with Crippen LogP contribution in [-0.2, 0) is 32.0 Å². The zero-order chi connectivity index (χ0) is 19.8. The summed E-state index contributed by atoms with van der Waals surface area (Å²) >= 11 is 0. The van der Waals surface area contributed by atoms with E-state index in [1.54, 1.807) is 12.0 Å². The number of carbonyl (C=O) groups is 2. The highest BCUT2D eigenvalue weighted by molar-refractivity contribution is 5.77. The van der Waals surface area contributed by atoms with Crippen LogP contribution in [0.1, 0.15) is 30.4 Å². The van der Waals surface area contributed by atoms with Crippen molar-refractivity contribution >= 4 is 11.8 Å². The van der Waals surface area contributed by atoms with Crippen LogP contribution in [0, 0.1) is 5.92 Å². The fourth-order valence-electron chi connectivity index (χ4n) is 3.14. The molecule has 7 heteroatoms. The van der Waals surface area contributed by atoms with Crippen molar-refractivity contribution in [1.29, 1.82) is 0 Å². The van der Waals surface area contributed by atoms with Gasteiger partial charge in [-0.25, -0.2) is 0 Å². The highest BCUT2D eigenvalue weighted by Gasteiger charge is 2.22. The van der Waals surface area contributed by atoms with E-state index < -0.39 is 0 Å². The monoisotopic (exact) mass is 390 g/mol. The molecule has 2 aliphatic rings. The van der Waals surface area contributed by atoms with Crippen molar-refractivity contribution in [2.45, 2.75) is 32.2 Å². The lowest BCUT2D eigenvalue weighted by atomic mass is 10.0. The molecular weight excluding hydrogens is 360 g/mol. The van der Waals surface area contributed by atoms with Gasteiger partial charge in [0, 0.05) is 32.2 Å². The van der Waals surface area contributed by atoms with Gasteiger partial charge < -0.3 is 24.4 Å². The molecular formula is C21H30N2O5. The van der Waals surface area contributed by atoms with E-state index in [0.717, 1.165) is 23.4 Å². The van der Waals surface area contributed by atoms with Crippen molar-refractivity contribution in [3.05, 3.63) is 29.3 Å². The Morgan fingerprint density at radius 1 is 1.29 bits per heavy atom.